The maximum Gasteiger partial charge on any atom is 0.267 e. The lowest BCUT2D eigenvalue weighted by Crippen LogP contribution is -2.26. The second-order valence-corrected chi connectivity index (χ2v) is 9.86. The average Bonchev–Trinajstić information content (AvgIpc) is 3.28. The second kappa shape index (κ2) is 9.71. The van der Waals surface area contributed by atoms with Gasteiger partial charge >= 0.3 is 0 Å². The zero-order valence-electron chi connectivity index (χ0n) is 18.2. The molecule has 0 spiro atoms. The van der Waals surface area contributed by atoms with Crippen LogP contribution in [0.15, 0.2) is 76.0 Å². The third kappa shape index (κ3) is 4.49. The Morgan fingerprint density at radius 1 is 1.09 bits per heavy atom. The molecule has 5 nitrogen and oxygen atoms in total. The Balaban J connectivity index is 1.65. The number of aromatic nitrogens is 2. The largest absolute Gasteiger partial charge is 0.325 e. The fraction of sp³-hybridized carbons (Fsp3) is 0.240. The van der Waals surface area contributed by atoms with Gasteiger partial charge in [-0.15, -0.1) is 11.3 Å². The number of amides is 1. The summed E-state index contributed by atoms with van der Waals surface area (Å²) in [4.78, 5) is 31.7. The van der Waals surface area contributed by atoms with E-state index in [-0.39, 0.29) is 11.5 Å². The lowest BCUT2D eigenvalue weighted by Gasteiger charge is -2.18. The van der Waals surface area contributed by atoms with Crippen LogP contribution in [0.5, 0.6) is 0 Å². The molecule has 2 heterocycles. The average molecular weight is 464 g/mol. The summed E-state index contributed by atoms with van der Waals surface area (Å²) in [6.45, 7) is 6.13. The molecule has 0 fully saturated rings. The van der Waals surface area contributed by atoms with Crippen LogP contribution >= 0.6 is 23.1 Å². The molecule has 0 saturated carbocycles. The van der Waals surface area contributed by atoms with Gasteiger partial charge in [-0.05, 0) is 54.5 Å². The van der Waals surface area contributed by atoms with Crippen LogP contribution in [0.2, 0.25) is 0 Å². The summed E-state index contributed by atoms with van der Waals surface area (Å²) < 4.78 is 1.59. The summed E-state index contributed by atoms with van der Waals surface area (Å²) in [7, 11) is 0. The predicted molar refractivity (Wildman–Crippen MR) is 134 cm³/mol. The number of carbonyl (C=O) groups is 1. The molecule has 0 bridgehead atoms. The molecule has 1 N–H and O–H groups in total. The minimum Gasteiger partial charge on any atom is -0.325 e. The summed E-state index contributed by atoms with van der Waals surface area (Å²) in [5.74, 6) is 0.228. The fourth-order valence-corrected chi connectivity index (χ4v) is 5.22. The van der Waals surface area contributed by atoms with E-state index < -0.39 is 5.25 Å². The lowest BCUT2D eigenvalue weighted by molar-refractivity contribution is -0.115. The first-order valence-electron chi connectivity index (χ1n) is 10.6. The van der Waals surface area contributed by atoms with Crippen molar-refractivity contribution in [2.24, 2.45) is 0 Å². The molecule has 32 heavy (non-hydrogen) atoms. The maximum atomic E-state index is 13.2. The Morgan fingerprint density at radius 3 is 2.56 bits per heavy atom. The van der Waals surface area contributed by atoms with E-state index in [1.54, 1.807) is 10.6 Å². The normalized spacial score (nSPS) is 13.1. The molecule has 2 atom stereocenters. The highest BCUT2D eigenvalue weighted by Gasteiger charge is 2.22. The van der Waals surface area contributed by atoms with Crippen LogP contribution < -0.4 is 10.9 Å². The van der Waals surface area contributed by atoms with E-state index in [9.17, 15) is 9.59 Å². The Hall–Kier alpha value is -2.90. The molecule has 7 heteroatoms. The van der Waals surface area contributed by atoms with Gasteiger partial charge in [-0.25, -0.2) is 4.98 Å². The molecular formula is C25H25N3O2S2. The first kappa shape index (κ1) is 22.3. The van der Waals surface area contributed by atoms with E-state index in [4.69, 9.17) is 4.98 Å². The second-order valence-electron chi connectivity index (χ2n) is 7.66. The first-order valence-corrected chi connectivity index (χ1v) is 12.4. The summed E-state index contributed by atoms with van der Waals surface area (Å²) in [6.07, 6.45) is 0.991. The topological polar surface area (TPSA) is 64.0 Å². The quantitative estimate of drug-likeness (QED) is 0.266. The van der Waals surface area contributed by atoms with E-state index in [1.807, 2.05) is 60.8 Å². The molecular weight excluding hydrogens is 438 g/mol. The number of thioether (sulfide) groups is 1. The standard InChI is InChI=1S/C25H25N3O2S2/c1-4-16(2)19-12-8-9-13-21(19)26-22(29)17(3)32-25-27-23-20(14-15-31-23)24(30)28(25)18-10-6-5-7-11-18/h5-17H,4H2,1-3H3,(H,26,29). The van der Waals surface area contributed by atoms with Gasteiger partial charge in [0, 0.05) is 5.69 Å². The van der Waals surface area contributed by atoms with Gasteiger partial charge in [-0.3, -0.25) is 14.2 Å². The van der Waals surface area contributed by atoms with Gasteiger partial charge in [-0.1, -0.05) is 62.0 Å². The minimum absolute atomic E-state index is 0.120. The van der Waals surface area contributed by atoms with E-state index in [0.717, 1.165) is 23.4 Å². The van der Waals surface area contributed by atoms with Crippen LogP contribution in [0.1, 0.15) is 38.7 Å². The predicted octanol–water partition coefficient (Wildman–Crippen LogP) is 6.08. The highest BCUT2D eigenvalue weighted by Crippen LogP contribution is 2.30. The number of hydrogen-bond acceptors (Lipinski definition) is 5. The van der Waals surface area contributed by atoms with Crippen LogP contribution in [-0.2, 0) is 4.79 Å². The molecule has 4 aromatic rings. The Bertz CT molecular complexity index is 1300. The molecule has 0 aliphatic heterocycles. The van der Waals surface area contributed by atoms with E-state index in [0.29, 0.717) is 21.3 Å². The smallest absolute Gasteiger partial charge is 0.267 e. The lowest BCUT2D eigenvalue weighted by atomic mass is 9.97. The number of nitrogens with zero attached hydrogens (tertiary/aromatic N) is 2. The molecule has 0 aliphatic rings. The van der Waals surface area contributed by atoms with Crippen molar-refractivity contribution in [1.82, 2.24) is 9.55 Å². The van der Waals surface area contributed by atoms with Crippen molar-refractivity contribution in [3.05, 3.63) is 82.0 Å². The van der Waals surface area contributed by atoms with Crippen molar-refractivity contribution in [2.75, 3.05) is 5.32 Å². The van der Waals surface area contributed by atoms with Crippen LogP contribution in [-0.4, -0.2) is 20.7 Å². The highest BCUT2D eigenvalue weighted by molar-refractivity contribution is 8.00. The highest BCUT2D eigenvalue weighted by atomic mass is 32.2. The number of benzene rings is 2. The number of nitrogens with one attached hydrogen (secondary N) is 1. The number of hydrogen-bond donors (Lipinski definition) is 1. The first-order chi connectivity index (χ1) is 15.5. The number of para-hydroxylation sites is 2. The zero-order chi connectivity index (χ0) is 22.7. The summed E-state index contributed by atoms with van der Waals surface area (Å²) in [5, 5.41) is 5.59. The molecule has 1 amide bonds. The van der Waals surface area contributed by atoms with Crippen molar-refractivity contribution in [2.45, 2.75) is 43.5 Å². The minimum atomic E-state index is -0.445. The Labute approximate surface area is 195 Å². The molecule has 4 rings (SSSR count). The molecule has 2 aromatic heterocycles. The van der Waals surface area contributed by atoms with Crippen molar-refractivity contribution >= 4 is 44.9 Å². The van der Waals surface area contributed by atoms with Gasteiger partial charge in [0.05, 0.1) is 16.3 Å². The number of anilines is 1. The van der Waals surface area contributed by atoms with E-state index in [1.165, 1.54) is 23.1 Å². The monoisotopic (exact) mass is 463 g/mol. The third-order valence-corrected chi connectivity index (χ3v) is 7.35. The van der Waals surface area contributed by atoms with Gasteiger partial charge in [0.2, 0.25) is 5.91 Å². The van der Waals surface area contributed by atoms with Gasteiger partial charge in [-0.2, -0.15) is 0 Å². The summed E-state index contributed by atoms with van der Waals surface area (Å²) >= 11 is 2.72. The van der Waals surface area contributed by atoms with E-state index in [2.05, 4.69) is 25.2 Å². The molecule has 0 aliphatic carbocycles. The van der Waals surface area contributed by atoms with Crippen molar-refractivity contribution in [3.8, 4) is 5.69 Å². The van der Waals surface area contributed by atoms with Crippen molar-refractivity contribution < 1.29 is 4.79 Å². The van der Waals surface area contributed by atoms with Crippen molar-refractivity contribution in [1.29, 1.82) is 0 Å². The molecule has 164 valence electrons. The number of fused-ring (bicyclic) bond motifs is 1. The fourth-order valence-electron chi connectivity index (χ4n) is 3.49. The molecule has 0 saturated heterocycles. The third-order valence-electron chi connectivity index (χ3n) is 5.49. The Kier molecular flexibility index (Phi) is 6.77. The maximum absolute atomic E-state index is 13.2. The van der Waals surface area contributed by atoms with Crippen LogP contribution in [0.4, 0.5) is 5.69 Å². The number of thiophene rings is 1. The van der Waals surface area contributed by atoms with Gasteiger partial charge < -0.3 is 5.32 Å². The SMILES string of the molecule is CCC(C)c1ccccc1NC(=O)C(C)Sc1nc2sccc2c(=O)n1-c1ccccc1. The van der Waals surface area contributed by atoms with E-state index >= 15 is 0 Å². The van der Waals surface area contributed by atoms with Gasteiger partial charge in [0.25, 0.3) is 5.56 Å². The van der Waals surface area contributed by atoms with Gasteiger partial charge in [0.15, 0.2) is 5.16 Å². The van der Waals surface area contributed by atoms with Crippen LogP contribution in [0.3, 0.4) is 0 Å². The van der Waals surface area contributed by atoms with Crippen molar-refractivity contribution in [3.63, 3.8) is 0 Å². The summed E-state index contributed by atoms with van der Waals surface area (Å²) in [6, 6.07) is 19.1. The Morgan fingerprint density at radius 2 is 1.81 bits per heavy atom. The van der Waals surface area contributed by atoms with Crippen LogP contribution in [0, 0.1) is 0 Å². The summed E-state index contributed by atoms with van der Waals surface area (Å²) in [5.41, 5.74) is 2.57. The number of rotatable bonds is 7. The number of carbonyl (C=O) groups excluding carboxylic acids is 1. The zero-order valence-corrected chi connectivity index (χ0v) is 19.9. The molecule has 2 unspecified atom stereocenters. The van der Waals surface area contributed by atoms with Gasteiger partial charge in [0.1, 0.15) is 4.83 Å². The van der Waals surface area contributed by atoms with Crippen LogP contribution in [0.25, 0.3) is 15.9 Å². The molecule has 2 aromatic carbocycles. The molecule has 0 radical (unpaired) electrons.